The summed E-state index contributed by atoms with van der Waals surface area (Å²) in [6.07, 6.45) is 3.39. The Kier molecular flexibility index (Phi) is 4.55. The van der Waals surface area contributed by atoms with Gasteiger partial charge < -0.3 is 15.2 Å². The van der Waals surface area contributed by atoms with E-state index >= 15 is 0 Å². The van der Waals surface area contributed by atoms with Gasteiger partial charge in [0.15, 0.2) is 0 Å². The summed E-state index contributed by atoms with van der Waals surface area (Å²) in [5, 5.41) is 11.7. The first-order chi connectivity index (χ1) is 9.06. The minimum atomic E-state index is -0.968. The lowest BCUT2D eigenvalue weighted by atomic mass is 10.1. The quantitative estimate of drug-likeness (QED) is 0.890. The number of hydrogen-bond donors (Lipinski definition) is 2. The molecule has 0 radical (unpaired) electrons. The number of carbonyl (C=O) groups is 2. The van der Waals surface area contributed by atoms with Crippen LogP contribution in [0.5, 0.6) is 0 Å². The van der Waals surface area contributed by atoms with Gasteiger partial charge in [-0.25, -0.2) is 4.79 Å². The normalized spacial score (nSPS) is 19.1. The van der Waals surface area contributed by atoms with Crippen LogP contribution in [0.3, 0.4) is 0 Å². The molecule has 0 saturated carbocycles. The van der Waals surface area contributed by atoms with Gasteiger partial charge >= 0.3 is 5.97 Å². The number of thiophene rings is 1. The average molecular weight is 283 g/mol. The van der Waals surface area contributed by atoms with Crippen molar-refractivity contribution in [3.63, 3.8) is 0 Å². The second kappa shape index (κ2) is 6.16. The zero-order valence-corrected chi connectivity index (χ0v) is 11.6. The van der Waals surface area contributed by atoms with Crippen LogP contribution in [-0.2, 0) is 9.53 Å². The summed E-state index contributed by atoms with van der Waals surface area (Å²) in [4.78, 5) is 23.8. The fraction of sp³-hybridized carbons (Fsp3) is 0.538. The number of ether oxygens (including phenoxy) is 1. The SMILES string of the molecule is Cc1sc(C(=O)O)cc1NC(=O)CC1CCCCO1. The third-order valence-electron chi connectivity index (χ3n) is 3.09. The first-order valence-electron chi connectivity index (χ1n) is 6.31. The Morgan fingerprint density at radius 3 is 2.89 bits per heavy atom. The van der Waals surface area contributed by atoms with Gasteiger partial charge in [0.25, 0.3) is 0 Å². The molecule has 2 N–H and O–H groups in total. The van der Waals surface area contributed by atoms with Gasteiger partial charge in [-0.3, -0.25) is 4.79 Å². The molecule has 1 atom stereocenters. The summed E-state index contributed by atoms with van der Waals surface area (Å²) in [7, 11) is 0. The number of anilines is 1. The molecule has 104 valence electrons. The molecule has 1 unspecified atom stereocenters. The highest BCUT2D eigenvalue weighted by Crippen LogP contribution is 2.26. The van der Waals surface area contributed by atoms with E-state index < -0.39 is 5.97 Å². The van der Waals surface area contributed by atoms with Gasteiger partial charge in [-0.2, -0.15) is 0 Å². The first kappa shape index (κ1) is 14.0. The Hall–Kier alpha value is -1.40. The summed E-state index contributed by atoms with van der Waals surface area (Å²) in [6, 6.07) is 1.50. The lowest BCUT2D eigenvalue weighted by Crippen LogP contribution is -2.25. The molecule has 19 heavy (non-hydrogen) atoms. The van der Waals surface area contributed by atoms with Gasteiger partial charge in [0.1, 0.15) is 4.88 Å². The summed E-state index contributed by atoms with van der Waals surface area (Å²) in [5.74, 6) is -1.09. The summed E-state index contributed by atoms with van der Waals surface area (Å²) >= 11 is 1.17. The van der Waals surface area contributed by atoms with E-state index in [0.29, 0.717) is 12.1 Å². The molecular weight excluding hydrogens is 266 g/mol. The molecular formula is C13H17NO4S. The van der Waals surface area contributed by atoms with Gasteiger partial charge in [0.05, 0.1) is 18.2 Å². The van der Waals surface area contributed by atoms with Gasteiger partial charge in [-0.1, -0.05) is 0 Å². The molecule has 2 rings (SSSR count). The summed E-state index contributed by atoms with van der Waals surface area (Å²) in [5.41, 5.74) is 0.586. The second-order valence-corrected chi connectivity index (χ2v) is 5.88. The third-order valence-corrected chi connectivity index (χ3v) is 4.13. The van der Waals surface area contributed by atoms with Crippen molar-refractivity contribution in [2.75, 3.05) is 11.9 Å². The Balaban J connectivity index is 1.92. The predicted octanol–water partition coefficient (Wildman–Crippen LogP) is 2.65. The molecule has 1 amide bonds. The lowest BCUT2D eigenvalue weighted by Gasteiger charge is -2.21. The third kappa shape index (κ3) is 3.78. The average Bonchev–Trinajstić information content (AvgIpc) is 2.72. The number of hydrogen-bond acceptors (Lipinski definition) is 4. The maximum absolute atomic E-state index is 11.9. The Bertz CT molecular complexity index is 477. The molecule has 1 aliphatic rings. The highest BCUT2D eigenvalue weighted by molar-refractivity contribution is 7.14. The van der Waals surface area contributed by atoms with Gasteiger partial charge in [0, 0.05) is 11.5 Å². The largest absolute Gasteiger partial charge is 0.477 e. The molecule has 1 aromatic rings. The molecule has 1 aliphatic heterocycles. The fourth-order valence-electron chi connectivity index (χ4n) is 2.09. The molecule has 5 nitrogen and oxygen atoms in total. The van der Waals surface area contributed by atoms with Crippen molar-refractivity contribution in [2.45, 2.75) is 38.7 Å². The first-order valence-corrected chi connectivity index (χ1v) is 7.13. The van der Waals surface area contributed by atoms with E-state index in [0.717, 1.165) is 30.7 Å². The zero-order chi connectivity index (χ0) is 13.8. The van der Waals surface area contributed by atoms with Crippen molar-refractivity contribution >= 4 is 28.9 Å². The van der Waals surface area contributed by atoms with Gasteiger partial charge in [-0.05, 0) is 32.3 Å². The monoisotopic (exact) mass is 283 g/mol. The second-order valence-electron chi connectivity index (χ2n) is 4.63. The number of carbonyl (C=O) groups excluding carboxylic acids is 1. The minimum absolute atomic E-state index is 0.00774. The van der Waals surface area contributed by atoms with Crippen LogP contribution in [0.25, 0.3) is 0 Å². The molecule has 0 aliphatic carbocycles. The van der Waals surface area contributed by atoms with E-state index in [-0.39, 0.29) is 16.9 Å². The van der Waals surface area contributed by atoms with Crippen LogP contribution < -0.4 is 5.32 Å². The van der Waals surface area contributed by atoms with Crippen LogP contribution in [0.15, 0.2) is 6.07 Å². The molecule has 0 bridgehead atoms. The Morgan fingerprint density at radius 1 is 1.53 bits per heavy atom. The number of aryl methyl sites for hydroxylation is 1. The smallest absolute Gasteiger partial charge is 0.345 e. The van der Waals surface area contributed by atoms with Crippen LogP contribution in [-0.4, -0.2) is 29.7 Å². The number of amides is 1. The van der Waals surface area contributed by atoms with Crippen molar-refractivity contribution in [1.29, 1.82) is 0 Å². The summed E-state index contributed by atoms with van der Waals surface area (Å²) in [6.45, 7) is 2.52. The van der Waals surface area contributed by atoms with E-state index in [1.807, 2.05) is 0 Å². The van der Waals surface area contributed by atoms with E-state index in [4.69, 9.17) is 9.84 Å². The van der Waals surface area contributed by atoms with E-state index in [1.54, 1.807) is 6.92 Å². The van der Waals surface area contributed by atoms with Crippen molar-refractivity contribution in [3.8, 4) is 0 Å². The number of rotatable bonds is 4. The van der Waals surface area contributed by atoms with Crippen LogP contribution >= 0.6 is 11.3 Å². The summed E-state index contributed by atoms with van der Waals surface area (Å²) < 4.78 is 5.51. The molecule has 1 fully saturated rings. The van der Waals surface area contributed by atoms with Crippen LogP contribution in [0.2, 0.25) is 0 Å². The maximum atomic E-state index is 11.9. The molecule has 1 aromatic heterocycles. The van der Waals surface area contributed by atoms with E-state index in [9.17, 15) is 9.59 Å². The minimum Gasteiger partial charge on any atom is -0.477 e. The van der Waals surface area contributed by atoms with Crippen molar-refractivity contribution < 1.29 is 19.4 Å². The Morgan fingerprint density at radius 2 is 2.32 bits per heavy atom. The highest BCUT2D eigenvalue weighted by Gasteiger charge is 2.19. The number of carboxylic acids is 1. The van der Waals surface area contributed by atoms with Crippen molar-refractivity contribution in [1.82, 2.24) is 0 Å². The van der Waals surface area contributed by atoms with Crippen molar-refractivity contribution in [2.24, 2.45) is 0 Å². The number of nitrogens with one attached hydrogen (secondary N) is 1. The molecule has 1 saturated heterocycles. The molecule has 2 heterocycles. The highest BCUT2D eigenvalue weighted by atomic mass is 32.1. The lowest BCUT2D eigenvalue weighted by molar-refractivity contribution is -0.119. The molecule has 0 spiro atoms. The van der Waals surface area contributed by atoms with Crippen LogP contribution in [0.4, 0.5) is 5.69 Å². The standard InChI is InChI=1S/C13H17NO4S/c1-8-10(7-11(19-8)13(16)17)14-12(15)6-9-4-2-3-5-18-9/h7,9H,2-6H2,1H3,(H,14,15)(H,16,17). The topological polar surface area (TPSA) is 75.6 Å². The Labute approximate surface area is 115 Å². The van der Waals surface area contributed by atoms with Crippen LogP contribution in [0, 0.1) is 6.92 Å². The fourth-order valence-corrected chi connectivity index (χ4v) is 2.90. The maximum Gasteiger partial charge on any atom is 0.345 e. The molecule has 0 aromatic carbocycles. The van der Waals surface area contributed by atoms with Gasteiger partial charge in [0.2, 0.25) is 5.91 Å². The molecule has 6 heteroatoms. The van der Waals surface area contributed by atoms with Crippen LogP contribution in [0.1, 0.15) is 40.2 Å². The predicted molar refractivity (Wildman–Crippen MR) is 72.9 cm³/mol. The number of aromatic carboxylic acids is 1. The van der Waals surface area contributed by atoms with E-state index in [2.05, 4.69) is 5.32 Å². The zero-order valence-electron chi connectivity index (χ0n) is 10.8. The number of carboxylic acid groups (broad SMARTS) is 1. The van der Waals surface area contributed by atoms with Crippen molar-refractivity contribution in [3.05, 3.63) is 15.8 Å². The van der Waals surface area contributed by atoms with E-state index in [1.165, 1.54) is 17.4 Å². The van der Waals surface area contributed by atoms with Gasteiger partial charge in [-0.15, -0.1) is 11.3 Å².